The molecule has 1 fully saturated rings. The highest BCUT2D eigenvalue weighted by Gasteiger charge is 2.20. The lowest BCUT2D eigenvalue weighted by atomic mass is 9.90. The molecule has 25 heavy (non-hydrogen) atoms. The van der Waals surface area contributed by atoms with E-state index in [2.05, 4.69) is 25.5 Å². The third kappa shape index (κ3) is 4.41. The van der Waals surface area contributed by atoms with Crippen LogP contribution in [0.4, 0.5) is 5.13 Å². The minimum absolute atomic E-state index is 0.133. The second kappa shape index (κ2) is 7.73. The van der Waals surface area contributed by atoms with Crippen molar-refractivity contribution in [2.24, 2.45) is 0 Å². The van der Waals surface area contributed by atoms with Crippen LogP contribution >= 0.6 is 11.3 Å². The van der Waals surface area contributed by atoms with Crippen molar-refractivity contribution in [1.29, 1.82) is 0 Å². The van der Waals surface area contributed by atoms with E-state index in [0.717, 1.165) is 17.8 Å². The molecule has 2 aromatic heterocycles. The van der Waals surface area contributed by atoms with Crippen LogP contribution in [0.1, 0.15) is 60.7 Å². The Kier molecular flexibility index (Phi) is 5.42. The summed E-state index contributed by atoms with van der Waals surface area (Å²) in [5, 5.41) is 12.5. The minimum Gasteiger partial charge on any atom is -0.311 e. The fraction of sp³-hybridized carbons (Fsp3) is 0.562. The van der Waals surface area contributed by atoms with Gasteiger partial charge in [0.15, 0.2) is 0 Å². The van der Waals surface area contributed by atoms with Gasteiger partial charge in [0, 0.05) is 23.6 Å². The lowest BCUT2D eigenvalue weighted by Gasteiger charge is -2.18. The van der Waals surface area contributed by atoms with Crippen LogP contribution in [0.3, 0.4) is 0 Å². The Morgan fingerprint density at radius 2 is 1.96 bits per heavy atom. The molecule has 0 unspecified atom stereocenters. The van der Waals surface area contributed by atoms with E-state index in [9.17, 15) is 14.4 Å². The maximum absolute atomic E-state index is 12.1. The Bertz CT molecular complexity index is 863. The predicted octanol–water partition coefficient (Wildman–Crippen LogP) is 1.84. The summed E-state index contributed by atoms with van der Waals surface area (Å²) in [6, 6.07) is 0. The first-order chi connectivity index (χ1) is 12.0. The zero-order chi connectivity index (χ0) is 17.8. The van der Waals surface area contributed by atoms with Gasteiger partial charge < -0.3 is 10.3 Å². The standard InChI is InChI=1S/C16H21N5O3S/c1-9-11(13(23)19-15(24)17-9)7-8-12(22)18-16-21-20-14(25-16)10-5-3-2-4-6-10/h10H,2-8H2,1H3,(H,18,21,22)(H2,17,19,23,24). The molecule has 0 spiro atoms. The molecule has 1 aliphatic carbocycles. The number of nitrogens with zero attached hydrogens (tertiary/aromatic N) is 2. The number of amides is 1. The minimum atomic E-state index is -0.542. The van der Waals surface area contributed by atoms with Crippen LogP contribution < -0.4 is 16.6 Å². The first-order valence-electron chi connectivity index (χ1n) is 8.48. The largest absolute Gasteiger partial charge is 0.325 e. The van der Waals surface area contributed by atoms with Crippen molar-refractivity contribution in [2.45, 2.75) is 57.8 Å². The van der Waals surface area contributed by atoms with Crippen LogP contribution in [-0.2, 0) is 11.2 Å². The van der Waals surface area contributed by atoms with E-state index in [-0.39, 0.29) is 18.7 Å². The monoisotopic (exact) mass is 363 g/mol. The molecule has 0 saturated heterocycles. The van der Waals surface area contributed by atoms with Gasteiger partial charge in [-0.1, -0.05) is 30.6 Å². The SMILES string of the molecule is Cc1[nH]c(=O)[nH]c(=O)c1CCC(=O)Nc1nnc(C2CCCCC2)s1. The maximum atomic E-state index is 12.1. The highest BCUT2D eigenvalue weighted by atomic mass is 32.1. The third-order valence-corrected chi connectivity index (χ3v) is 5.50. The van der Waals surface area contributed by atoms with Crippen LogP contribution in [0.15, 0.2) is 9.59 Å². The molecule has 0 bridgehead atoms. The van der Waals surface area contributed by atoms with Gasteiger partial charge in [0.2, 0.25) is 11.0 Å². The molecule has 2 aromatic rings. The van der Waals surface area contributed by atoms with Crippen molar-refractivity contribution in [2.75, 3.05) is 5.32 Å². The van der Waals surface area contributed by atoms with Crippen molar-refractivity contribution in [3.63, 3.8) is 0 Å². The highest BCUT2D eigenvalue weighted by molar-refractivity contribution is 7.15. The van der Waals surface area contributed by atoms with E-state index >= 15 is 0 Å². The number of H-pyrrole nitrogens is 2. The number of rotatable bonds is 5. The number of carbonyl (C=O) groups excluding carboxylic acids is 1. The molecule has 0 atom stereocenters. The Balaban J connectivity index is 1.57. The summed E-state index contributed by atoms with van der Waals surface area (Å²) in [6.07, 6.45) is 6.38. The molecule has 0 aromatic carbocycles. The normalized spacial score (nSPS) is 15.2. The Hall–Kier alpha value is -2.29. The van der Waals surface area contributed by atoms with Crippen LogP contribution in [0, 0.1) is 6.92 Å². The number of aromatic nitrogens is 4. The van der Waals surface area contributed by atoms with Gasteiger partial charge in [0.1, 0.15) is 5.01 Å². The molecule has 8 nitrogen and oxygen atoms in total. The van der Waals surface area contributed by atoms with Gasteiger partial charge in [0.25, 0.3) is 5.56 Å². The van der Waals surface area contributed by atoms with Crippen LogP contribution in [-0.4, -0.2) is 26.1 Å². The van der Waals surface area contributed by atoms with Crippen LogP contribution in [0.2, 0.25) is 0 Å². The number of hydrogen-bond donors (Lipinski definition) is 3. The van der Waals surface area contributed by atoms with Gasteiger partial charge in [-0.2, -0.15) is 0 Å². The summed E-state index contributed by atoms with van der Waals surface area (Å²) >= 11 is 1.43. The van der Waals surface area contributed by atoms with E-state index in [1.165, 1.54) is 30.6 Å². The molecule has 1 amide bonds. The van der Waals surface area contributed by atoms with Crippen molar-refractivity contribution < 1.29 is 4.79 Å². The molecular weight excluding hydrogens is 342 g/mol. The first kappa shape index (κ1) is 17.5. The van der Waals surface area contributed by atoms with Gasteiger partial charge in [-0.05, 0) is 26.2 Å². The van der Waals surface area contributed by atoms with E-state index in [4.69, 9.17) is 0 Å². The summed E-state index contributed by atoms with van der Waals surface area (Å²) in [5.74, 6) is 0.232. The van der Waals surface area contributed by atoms with E-state index in [1.54, 1.807) is 6.92 Å². The van der Waals surface area contributed by atoms with Crippen molar-refractivity contribution in [3.05, 3.63) is 37.1 Å². The average molecular weight is 363 g/mol. The number of hydrogen-bond acceptors (Lipinski definition) is 6. The topological polar surface area (TPSA) is 121 Å². The van der Waals surface area contributed by atoms with E-state index in [0.29, 0.717) is 22.3 Å². The molecule has 3 N–H and O–H groups in total. The smallest absolute Gasteiger partial charge is 0.311 e. The van der Waals surface area contributed by atoms with Crippen LogP contribution in [0.5, 0.6) is 0 Å². The van der Waals surface area contributed by atoms with E-state index < -0.39 is 11.2 Å². The molecule has 3 rings (SSSR count). The summed E-state index contributed by atoms with van der Waals surface area (Å²) in [4.78, 5) is 39.8. The molecule has 134 valence electrons. The fourth-order valence-corrected chi connectivity index (χ4v) is 4.08. The summed E-state index contributed by atoms with van der Waals surface area (Å²) in [6.45, 7) is 1.64. The molecule has 1 saturated carbocycles. The molecule has 9 heteroatoms. The van der Waals surface area contributed by atoms with Gasteiger partial charge in [0.05, 0.1) is 0 Å². The van der Waals surface area contributed by atoms with E-state index in [1.807, 2.05) is 0 Å². The number of anilines is 1. The summed E-state index contributed by atoms with van der Waals surface area (Å²) < 4.78 is 0. The second-order valence-corrected chi connectivity index (χ2v) is 7.35. The summed E-state index contributed by atoms with van der Waals surface area (Å²) in [5.41, 5.74) is -0.101. The molecule has 0 aliphatic heterocycles. The first-order valence-corrected chi connectivity index (χ1v) is 9.30. The maximum Gasteiger partial charge on any atom is 0.325 e. The number of nitrogens with one attached hydrogen (secondary N) is 3. The summed E-state index contributed by atoms with van der Waals surface area (Å²) in [7, 11) is 0. The van der Waals surface area contributed by atoms with Crippen molar-refractivity contribution in [1.82, 2.24) is 20.2 Å². The third-order valence-electron chi connectivity index (χ3n) is 4.50. The lowest BCUT2D eigenvalue weighted by molar-refractivity contribution is -0.116. The van der Waals surface area contributed by atoms with Crippen molar-refractivity contribution >= 4 is 22.4 Å². The zero-order valence-corrected chi connectivity index (χ0v) is 14.9. The predicted molar refractivity (Wildman–Crippen MR) is 95.1 cm³/mol. The van der Waals surface area contributed by atoms with Gasteiger partial charge >= 0.3 is 5.69 Å². The lowest BCUT2D eigenvalue weighted by Crippen LogP contribution is -2.27. The second-order valence-electron chi connectivity index (χ2n) is 6.34. The van der Waals surface area contributed by atoms with Crippen LogP contribution in [0.25, 0.3) is 0 Å². The Morgan fingerprint density at radius 3 is 2.68 bits per heavy atom. The molecule has 2 heterocycles. The zero-order valence-electron chi connectivity index (χ0n) is 14.1. The molecular formula is C16H21N5O3S. The number of carbonyl (C=O) groups is 1. The number of aryl methyl sites for hydroxylation is 1. The highest BCUT2D eigenvalue weighted by Crippen LogP contribution is 2.35. The van der Waals surface area contributed by atoms with Gasteiger partial charge in [-0.15, -0.1) is 10.2 Å². The quantitative estimate of drug-likeness (QED) is 0.748. The Labute approximate surface area is 148 Å². The molecule has 0 radical (unpaired) electrons. The Morgan fingerprint density at radius 1 is 1.20 bits per heavy atom. The van der Waals surface area contributed by atoms with Gasteiger partial charge in [-0.3, -0.25) is 14.6 Å². The van der Waals surface area contributed by atoms with Crippen molar-refractivity contribution in [3.8, 4) is 0 Å². The fourth-order valence-electron chi connectivity index (χ4n) is 3.15. The van der Waals surface area contributed by atoms with Gasteiger partial charge in [-0.25, -0.2) is 4.79 Å². The average Bonchev–Trinajstić information content (AvgIpc) is 3.03. The number of aromatic amines is 2. The molecule has 1 aliphatic rings.